The van der Waals surface area contributed by atoms with Gasteiger partial charge >= 0.3 is 0 Å². The molecule has 0 aromatic heterocycles. The van der Waals surface area contributed by atoms with Gasteiger partial charge in [0.1, 0.15) is 0 Å². The van der Waals surface area contributed by atoms with Crippen molar-refractivity contribution in [2.24, 2.45) is 5.92 Å². The molecule has 0 N–H and O–H groups in total. The predicted octanol–water partition coefficient (Wildman–Crippen LogP) is 1.86. The molecule has 0 rings (SSSR count). The molecule has 0 amide bonds. The summed E-state index contributed by atoms with van der Waals surface area (Å²) in [6, 6.07) is 0. The maximum Gasteiger partial charge on any atom is 0.155 e. The van der Waals surface area contributed by atoms with E-state index in [0.717, 1.165) is 0 Å². The Morgan fingerprint density at radius 2 is 1.55 bits per heavy atom. The Bertz CT molecular complexity index is 207. The van der Waals surface area contributed by atoms with Crippen LogP contribution in [0.15, 0.2) is 0 Å². The molecule has 3 heteroatoms. The van der Waals surface area contributed by atoms with Crippen LogP contribution >= 0.6 is 0 Å². The second-order valence-electron chi connectivity index (χ2n) is 4.29. The van der Waals surface area contributed by atoms with Crippen molar-refractivity contribution in [1.82, 2.24) is 0 Å². The molecule has 0 aliphatic heterocycles. The fourth-order valence-electron chi connectivity index (χ4n) is 0.689. The molecule has 0 radical (unpaired) electrons. The summed E-state index contributed by atoms with van der Waals surface area (Å²) in [6.45, 7) is 9.06. The zero-order chi connectivity index (χ0) is 9.28. The van der Waals surface area contributed by atoms with Crippen molar-refractivity contribution in [3.8, 4) is 0 Å². The first-order chi connectivity index (χ1) is 4.67. The molecule has 0 saturated carbocycles. The lowest BCUT2D eigenvalue weighted by molar-refractivity contribution is 0.548. The molecule has 0 aliphatic rings. The monoisotopic (exact) mass is 178 g/mol. The molecule has 0 aliphatic carbocycles. The first kappa shape index (κ1) is 11.0. The van der Waals surface area contributed by atoms with Crippen LogP contribution < -0.4 is 0 Å². The van der Waals surface area contributed by atoms with Crippen molar-refractivity contribution in [3.05, 3.63) is 0 Å². The van der Waals surface area contributed by atoms with Crippen LogP contribution in [0.1, 0.15) is 34.6 Å². The smallest absolute Gasteiger partial charge is 0.155 e. The minimum Gasteiger partial charge on any atom is -0.228 e. The van der Waals surface area contributed by atoms with E-state index in [0.29, 0.717) is 0 Å². The topological polar surface area (TPSA) is 34.1 Å². The maximum absolute atomic E-state index is 11.5. The maximum atomic E-state index is 11.5. The highest BCUT2D eigenvalue weighted by molar-refractivity contribution is 7.92. The fourth-order valence-corrected chi connectivity index (χ4v) is 2.07. The molecule has 11 heavy (non-hydrogen) atoms. The molecule has 0 bridgehead atoms. The van der Waals surface area contributed by atoms with Crippen molar-refractivity contribution in [2.75, 3.05) is 5.75 Å². The number of sulfone groups is 1. The van der Waals surface area contributed by atoms with E-state index in [9.17, 15) is 8.42 Å². The first-order valence-corrected chi connectivity index (χ1v) is 5.54. The van der Waals surface area contributed by atoms with E-state index >= 15 is 0 Å². The quantitative estimate of drug-likeness (QED) is 0.646. The molecule has 0 aromatic carbocycles. The van der Waals surface area contributed by atoms with E-state index in [1.54, 1.807) is 20.8 Å². The summed E-state index contributed by atoms with van der Waals surface area (Å²) in [7, 11) is -2.90. The SMILES string of the molecule is CC(C)CS(=O)(=O)C(C)(C)C. The van der Waals surface area contributed by atoms with Crippen LogP contribution in [0.3, 0.4) is 0 Å². The van der Waals surface area contributed by atoms with Crippen LogP contribution in [0.5, 0.6) is 0 Å². The van der Waals surface area contributed by atoms with Gasteiger partial charge in [-0.05, 0) is 26.7 Å². The zero-order valence-corrected chi connectivity index (χ0v) is 8.83. The first-order valence-electron chi connectivity index (χ1n) is 3.89. The highest BCUT2D eigenvalue weighted by Gasteiger charge is 2.29. The number of hydrogen-bond acceptors (Lipinski definition) is 2. The van der Waals surface area contributed by atoms with E-state index in [4.69, 9.17) is 0 Å². The molecule has 0 atom stereocenters. The molecule has 2 nitrogen and oxygen atoms in total. The van der Waals surface area contributed by atoms with Gasteiger partial charge in [0.05, 0.1) is 10.5 Å². The standard InChI is InChI=1S/C8H18O2S/c1-7(2)6-11(9,10)8(3,4)5/h7H,6H2,1-5H3. The van der Waals surface area contributed by atoms with Crippen LogP contribution in [-0.2, 0) is 9.84 Å². The predicted molar refractivity (Wildman–Crippen MR) is 48.4 cm³/mol. The Morgan fingerprint density at radius 1 is 1.18 bits per heavy atom. The summed E-state index contributed by atoms with van der Waals surface area (Å²) in [5.41, 5.74) is 0. The minimum atomic E-state index is -2.90. The Hall–Kier alpha value is -0.0500. The average Bonchev–Trinajstić information content (AvgIpc) is 1.56. The van der Waals surface area contributed by atoms with E-state index in [-0.39, 0.29) is 11.7 Å². The van der Waals surface area contributed by atoms with E-state index < -0.39 is 14.6 Å². The van der Waals surface area contributed by atoms with Gasteiger partial charge < -0.3 is 0 Å². The lowest BCUT2D eigenvalue weighted by Crippen LogP contribution is -2.32. The van der Waals surface area contributed by atoms with Gasteiger partial charge in [0.25, 0.3) is 0 Å². The molecule has 0 heterocycles. The number of rotatable bonds is 2. The van der Waals surface area contributed by atoms with Crippen LogP contribution in [0, 0.1) is 5.92 Å². The summed E-state index contributed by atoms with van der Waals surface area (Å²) in [6.07, 6.45) is 0. The van der Waals surface area contributed by atoms with Crippen molar-refractivity contribution in [3.63, 3.8) is 0 Å². The van der Waals surface area contributed by atoms with Gasteiger partial charge in [0.15, 0.2) is 9.84 Å². The highest BCUT2D eigenvalue weighted by atomic mass is 32.2. The molecule has 0 fully saturated rings. The highest BCUT2D eigenvalue weighted by Crippen LogP contribution is 2.18. The third-order valence-electron chi connectivity index (χ3n) is 1.49. The summed E-state index contributed by atoms with van der Waals surface area (Å²) in [5, 5.41) is 0. The van der Waals surface area contributed by atoms with Crippen molar-refractivity contribution in [2.45, 2.75) is 39.4 Å². The molecule has 0 saturated heterocycles. The summed E-state index contributed by atoms with van der Waals surface area (Å²) in [4.78, 5) is 0. The molecule has 68 valence electrons. The van der Waals surface area contributed by atoms with Gasteiger partial charge in [-0.1, -0.05) is 13.8 Å². The lowest BCUT2D eigenvalue weighted by Gasteiger charge is -2.20. The second kappa shape index (κ2) is 3.13. The van der Waals surface area contributed by atoms with Gasteiger partial charge in [0, 0.05) is 0 Å². The van der Waals surface area contributed by atoms with Gasteiger partial charge in [0.2, 0.25) is 0 Å². The summed E-state index contributed by atoms with van der Waals surface area (Å²) >= 11 is 0. The lowest BCUT2D eigenvalue weighted by atomic mass is 10.2. The minimum absolute atomic E-state index is 0.222. The van der Waals surface area contributed by atoms with Gasteiger partial charge in [-0.3, -0.25) is 0 Å². The van der Waals surface area contributed by atoms with E-state index in [1.165, 1.54) is 0 Å². The van der Waals surface area contributed by atoms with E-state index in [1.807, 2.05) is 13.8 Å². The zero-order valence-electron chi connectivity index (χ0n) is 8.01. The van der Waals surface area contributed by atoms with Crippen LogP contribution in [0.2, 0.25) is 0 Å². The Labute approximate surface area is 69.9 Å². The molecule has 0 aromatic rings. The van der Waals surface area contributed by atoms with Crippen molar-refractivity contribution < 1.29 is 8.42 Å². The largest absolute Gasteiger partial charge is 0.228 e. The third kappa shape index (κ3) is 3.23. The van der Waals surface area contributed by atoms with Gasteiger partial charge in [-0.25, -0.2) is 8.42 Å². The van der Waals surface area contributed by atoms with Gasteiger partial charge in [-0.15, -0.1) is 0 Å². The fraction of sp³-hybridized carbons (Fsp3) is 1.00. The van der Waals surface area contributed by atoms with Gasteiger partial charge in [-0.2, -0.15) is 0 Å². The third-order valence-corrected chi connectivity index (χ3v) is 4.46. The van der Waals surface area contributed by atoms with Crippen LogP contribution in [0.25, 0.3) is 0 Å². The summed E-state index contributed by atoms with van der Waals surface area (Å²) < 4.78 is 22.3. The molecular formula is C8H18O2S. The Kier molecular flexibility index (Phi) is 3.12. The van der Waals surface area contributed by atoms with Crippen LogP contribution in [-0.4, -0.2) is 18.9 Å². The normalized spacial score (nSPS) is 14.0. The van der Waals surface area contributed by atoms with E-state index in [2.05, 4.69) is 0 Å². The Morgan fingerprint density at radius 3 is 1.64 bits per heavy atom. The molecule has 0 unspecified atom stereocenters. The van der Waals surface area contributed by atoms with Crippen LogP contribution in [0.4, 0.5) is 0 Å². The molecule has 0 spiro atoms. The van der Waals surface area contributed by atoms with Crippen molar-refractivity contribution >= 4 is 9.84 Å². The molecular weight excluding hydrogens is 160 g/mol. The second-order valence-corrected chi connectivity index (χ2v) is 7.08. The van der Waals surface area contributed by atoms with Crippen molar-refractivity contribution in [1.29, 1.82) is 0 Å². The number of hydrogen-bond donors (Lipinski definition) is 0. The summed E-state index contributed by atoms with van der Waals surface area (Å²) in [5.74, 6) is 0.510. The average molecular weight is 178 g/mol. The Balaban J connectivity index is 4.51.